The number of rotatable bonds is 9. The Labute approximate surface area is 294 Å². The fourth-order valence-corrected chi connectivity index (χ4v) is 9.06. The van der Waals surface area contributed by atoms with Gasteiger partial charge < -0.3 is 19.4 Å². The molecule has 1 saturated heterocycles. The lowest BCUT2D eigenvalue weighted by Crippen LogP contribution is -2.21. The minimum Gasteiger partial charge on any atom is -0.368 e. The normalized spacial score (nSPS) is 15.0. The quantitative estimate of drug-likeness (QED) is 0.138. The van der Waals surface area contributed by atoms with Gasteiger partial charge in [0.15, 0.2) is 6.29 Å². The molecule has 0 spiro atoms. The molecule has 49 heavy (non-hydrogen) atoms. The maximum Gasteiger partial charge on any atom is 0.341 e. The fourth-order valence-electron chi connectivity index (χ4n) is 6.11. The van der Waals surface area contributed by atoms with E-state index in [9.17, 15) is 16.8 Å². The Kier molecular flexibility index (Phi) is 12.5. The lowest BCUT2D eigenvalue weighted by Gasteiger charge is -2.22. The molecule has 0 radical (unpaired) electrons. The minimum atomic E-state index is -4.14. The number of hydrogen-bond donors (Lipinski definition) is 1. The number of anilines is 1. The van der Waals surface area contributed by atoms with Crippen LogP contribution in [0, 0.1) is 48.5 Å². The van der Waals surface area contributed by atoms with Crippen molar-refractivity contribution in [3.63, 3.8) is 0 Å². The van der Waals surface area contributed by atoms with Gasteiger partial charge in [-0.15, -0.1) is 0 Å². The SMILES string of the molecule is Cc1cc(C)c(S(=O)(=O)Cl)c(C)c1.Cc1cc(C)c(S(=O)(=O)Oc2nc(N)nc(C)c2Cc2ccc(COC3CCCCO3)cc2)c(C)c1. The van der Waals surface area contributed by atoms with Gasteiger partial charge >= 0.3 is 10.1 Å². The second kappa shape index (κ2) is 16.0. The topological polar surface area (TPSA) is 148 Å². The van der Waals surface area contributed by atoms with Crippen LogP contribution in [0.5, 0.6) is 5.88 Å². The number of ether oxygens (including phenoxy) is 2. The molecule has 1 fully saturated rings. The zero-order valence-electron chi connectivity index (χ0n) is 29.0. The predicted molar refractivity (Wildman–Crippen MR) is 191 cm³/mol. The molecule has 1 atom stereocenters. The molecule has 2 N–H and O–H groups in total. The monoisotopic (exact) mass is 729 g/mol. The molecular weight excluding hydrogens is 686 g/mol. The van der Waals surface area contributed by atoms with Crippen molar-refractivity contribution in [2.24, 2.45) is 0 Å². The molecule has 0 bridgehead atoms. The Balaban J connectivity index is 0.000000350. The summed E-state index contributed by atoms with van der Waals surface area (Å²) in [5, 5.41) is 0. The number of hydrogen-bond acceptors (Lipinski definition) is 10. The van der Waals surface area contributed by atoms with Gasteiger partial charge in [0, 0.05) is 29.3 Å². The molecule has 10 nitrogen and oxygen atoms in total. The molecule has 0 amide bonds. The molecule has 1 unspecified atom stereocenters. The lowest BCUT2D eigenvalue weighted by molar-refractivity contribution is -0.168. The second-order valence-electron chi connectivity index (χ2n) is 12.5. The van der Waals surface area contributed by atoms with Crippen molar-refractivity contribution in [1.29, 1.82) is 0 Å². The zero-order valence-corrected chi connectivity index (χ0v) is 31.4. The first-order valence-electron chi connectivity index (χ1n) is 15.9. The average Bonchev–Trinajstić information content (AvgIpc) is 2.97. The van der Waals surface area contributed by atoms with Crippen molar-refractivity contribution in [3.8, 4) is 5.88 Å². The van der Waals surface area contributed by atoms with E-state index in [1.54, 1.807) is 34.6 Å². The van der Waals surface area contributed by atoms with Crippen molar-refractivity contribution >= 4 is 35.8 Å². The van der Waals surface area contributed by atoms with Crippen molar-refractivity contribution in [2.45, 2.75) is 96.8 Å². The third-order valence-corrected chi connectivity index (χ3v) is 11.2. The summed E-state index contributed by atoms with van der Waals surface area (Å²) in [5.74, 6) is -0.0996. The lowest BCUT2D eigenvalue weighted by atomic mass is 10.0. The van der Waals surface area contributed by atoms with Gasteiger partial charge in [-0.05, 0) is 101 Å². The predicted octanol–water partition coefficient (Wildman–Crippen LogP) is 7.23. The largest absolute Gasteiger partial charge is 0.368 e. The molecule has 5 rings (SSSR count). The van der Waals surface area contributed by atoms with Gasteiger partial charge in [0.1, 0.15) is 4.90 Å². The van der Waals surface area contributed by atoms with E-state index in [1.807, 2.05) is 62.4 Å². The second-order valence-corrected chi connectivity index (χ2v) is 16.5. The molecule has 0 saturated carbocycles. The van der Waals surface area contributed by atoms with Crippen LogP contribution < -0.4 is 9.92 Å². The first kappa shape index (κ1) is 38.3. The fraction of sp³-hybridized carbons (Fsp3) is 0.389. The molecule has 3 aromatic carbocycles. The molecule has 1 aliphatic rings. The standard InChI is InChI=1S/C27H33N3O5S.C9H11ClO2S/c1-17-13-18(2)25(19(3)14-17)36(31,32)35-26-23(20(4)29-27(28)30-26)15-21-8-10-22(11-9-21)16-34-24-7-5-6-12-33-24;1-6-4-7(2)9(8(3)5-6)13(10,11)12/h8-11,13-14,24H,5-7,12,15-16H2,1-4H3,(H2,28,29,30);4-5H,1-3H3. The summed E-state index contributed by atoms with van der Waals surface area (Å²) in [6.07, 6.45) is 3.36. The molecule has 13 heteroatoms. The summed E-state index contributed by atoms with van der Waals surface area (Å²) < 4.78 is 65.9. The number of aromatic nitrogens is 2. The van der Waals surface area contributed by atoms with Crippen LogP contribution in [-0.4, -0.2) is 39.7 Å². The maximum absolute atomic E-state index is 13.3. The smallest absolute Gasteiger partial charge is 0.341 e. The number of halogens is 1. The molecule has 1 aromatic heterocycles. The summed E-state index contributed by atoms with van der Waals surface area (Å²) >= 11 is 0. The Hall–Kier alpha value is -3.55. The molecule has 1 aliphatic heterocycles. The highest BCUT2D eigenvalue weighted by Gasteiger charge is 2.26. The van der Waals surface area contributed by atoms with E-state index >= 15 is 0 Å². The Morgan fingerprint density at radius 1 is 0.796 bits per heavy atom. The highest BCUT2D eigenvalue weighted by atomic mass is 35.7. The third kappa shape index (κ3) is 10.2. The molecular formula is C36H44ClN3O7S2. The van der Waals surface area contributed by atoms with Crippen molar-refractivity contribution in [1.82, 2.24) is 9.97 Å². The van der Waals surface area contributed by atoms with E-state index in [1.165, 1.54) is 0 Å². The molecule has 2 heterocycles. The Bertz CT molecular complexity index is 1980. The summed E-state index contributed by atoms with van der Waals surface area (Å²) in [6.45, 7) is 13.8. The van der Waals surface area contributed by atoms with Crippen molar-refractivity contribution in [3.05, 3.63) is 104 Å². The maximum atomic E-state index is 13.3. The minimum absolute atomic E-state index is 0.0452. The van der Waals surface area contributed by atoms with Crippen LogP contribution in [0.2, 0.25) is 0 Å². The van der Waals surface area contributed by atoms with Gasteiger partial charge in [0.2, 0.25) is 11.8 Å². The summed E-state index contributed by atoms with van der Waals surface area (Å²) in [7, 11) is -2.45. The molecule has 0 aliphatic carbocycles. The van der Waals surface area contributed by atoms with E-state index in [0.717, 1.165) is 48.1 Å². The zero-order chi connectivity index (χ0) is 36.1. The highest BCUT2D eigenvalue weighted by molar-refractivity contribution is 8.13. The first-order valence-corrected chi connectivity index (χ1v) is 19.6. The van der Waals surface area contributed by atoms with E-state index in [-0.39, 0.29) is 27.9 Å². The Morgan fingerprint density at radius 2 is 1.33 bits per heavy atom. The summed E-state index contributed by atoms with van der Waals surface area (Å²) in [5.41, 5.74) is 13.6. The summed E-state index contributed by atoms with van der Waals surface area (Å²) in [4.78, 5) is 8.76. The third-order valence-electron chi connectivity index (χ3n) is 8.06. The van der Waals surface area contributed by atoms with E-state index in [0.29, 0.717) is 46.5 Å². The van der Waals surface area contributed by atoms with Crippen LogP contribution in [0.25, 0.3) is 0 Å². The van der Waals surface area contributed by atoms with Gasteiger partial charge in [-0.1, -0.05) is 59.7 Å². The number of nitrogens with two attached hydrogens (primary N) is 1. The van der Waals surface area contributed by atoms with Gasteiger partial charge in [0.25, 0.3) is 9.05 Å². The summed E-state index contributed by atoms with van der Waals surface area (Å²) in [6, 6.07) is 15.2. The highest BCUT2D eigenvalue weighted by Crippen LogP contribution is 2.30. The van der Waals surface area contributed by atoms with Crippen LogP contribution in [-0.2, 0) is 41.7 Å². The van der Waals surface area contributed by atoms with Crippen LogP contribution in [0.1, 0.15) is 75.0 Å². The van der Waals surface area contributed by atoms with Crippen molar-refractivity contribution < 1.29 is 30.5 Å². The van der Waals surface area contributed by atoms with Crippen LogP contribution in [0.4, 0.5) is 5.95 Å². The van der Waals surface area contributed by atoms with Gasteiger partial charge in [-0.3, -0.25) is 0 Å². The number of benzene rings is 3. The van der Waals surface area contributed by atoms with E-state index < -0.39 is 19.2 Å². The van der Waals surface area contributed by atoms with Crippen molar-refractivity contribution in [2.75, 3.05) is 12.3 Å². The number of nitrogens with zero attached hydrogens (tertiary/aromatic N) is 2. The number of nitrogen functional groups attached to an aromatic ring is 1. The van der Waals surface area contributed by atoms with Gasteiger partial charge in [0.05, 0.1) is 17.2 Å². The molecule has 4 aromatic rings. The molecule has 264 valence electrons. The Morgan fingerprint density at radius 3 is 1.84 bits per heavy atom. The number of aryl methyl sites for hydroxylation is 7. The van der Waals surface area contributed by atoms with Crippen LogP contribution in [0.15, 0.2) is 58.3 Å². The average molecular weight is 730 g/mol. The van der Waals surface area contributed by atoms with Gasteiger partial charge in [-0.25, -0.2) is 13.4 Å². The van der Waals surface area contributed by atoms with Crippen LogP contribution >= 0.6 is 10.7 Å². The first-order chi connectivity index (χ1) is 22.9. The van der Waals surface area contributed by atoms with Gasteiger partial charge in [-0.2, -0.15) is 13.4 Å². The van der Waals surface area contributed by atoms with E-state index in [4.69, 9.17) is 30.1 Å². The van der Waals surface area contributed by atoms with E-state index in [2.05, 4.69) is 9.97 Å². The van der Waals surface area contributed by atoms with Crippen LogP contribution in [0.3, 0.4) is 0 Å².